The van der Waals surface area contributed by atoms with Crippen LogP contribution in [0.1, 0.15) is 72.8 Å². The van der Waals surface area contributed by atoms with Gasteiger partial charge in [0.15, 0.2) is 17.1 Å². The number of aromatic nitrogens is 3. The molecule has 0 N–H and O–H groups in total. The Kier molecular flexibility index (Phi) is 5.27. The van der Waals surface area contributed by atoms with Gasteiger partial charge in [0.25, 0.3) is 5.91 Å². The van der Waals surface area contributed by atoms with Crippen molar-refractivity contribution < 1.29 is 14.3 Å². The van der Waals surface area contributed by atoms with Gasteiger partial charge in [-0.05, 0) is 49.4 Å². The summed E-state index contributed by atoms with van der Waals surface area (Å²) in [6, 6.07) is 8.16. The molecule has 1 aromatic carbocycles. The van der Waals surface area contributed by atoms with Crippen LogP contribution in [0.3, 0.4) is 0 Å². The molecule has 0 unspecified atom stereocenters. The van der Waals surface area contributed by atoms with Gasteiger partial charge in [-0.1, -0.05) is 32.8 Å². The van der Waals surface area contributed by atoms with Crippen LogP contribution in [-0.4, -0.2) is 38.4 Å². The Hall–Kier alpha value is -3.09. The predicted molar refractivity (Wildman–Crippen MR) is 122 cm³/mol. The molecule has 0 atom stereocenters. The summed E-state index contributed by atoms with van der Waals surface area (Å²) < 4.78 is 12.8. The number of pyridine rings is 1. The van der Waals surface area contributed by atoms with Crippen molar-refractivity contribution in [3.8, 4) is 11.5 Å². The Balaban J connectivity index is 1.57. The maximum atomic E-state index is 14.1. The molecule has 3 heterocycles. The number of fused-ring (bicyclic) bond motifs is 2. The number of rotatable bonds is 5. The third-order valence-electron chi connectivity index (χ3n) is 6.63. The molecule has 32 heavy (non-hydrogen) atoms. The lowest BCUT2D eigenvalue weighted by atomic mass is 10.0. The number of hydrogen-bond donors (Lipinski definition) is 0. The van der Waals surface area contributed by atoms with Crippen molar-refractivity contribution in [1.82, 2.24) is 19.7 Å². The number of carbonyl (C=O) groups excluding carboxylic acids is 1. The van der Waals surface area contributed by atoms with Crippen LogP contribution in [0.25, 0.3) is 11.0 Å². The van der Waals surface area contributed by atoms with E-state index in [0.29, 0.717) is 12.1 Å². The van der Waals surface area contributed by atoms with E-state index < -0.39 is 0 Å². The Bertz CT molecular complexity index is 1180. The smallest absolute Gasteiger partial charge is 0.255 e. The van der Waals surface area contributed by atoms with Gasteiger partial charge in [-0.2, -0.15) is 5.10 Å². The number of aryl methyl sites for hydroxylation is 2. The fourth-order valence-electron chi connectivity index (χ4n) is 4.90. The number of carbonyl (C=O) groups is 1. The van der Waals surface area contributed by atoms with Crippen molar-refractivity contribution in [2.24, 2.45) is 7.05 Å². The topological polar surface area (TPSA) is 69.5 Å². The van der Waals surface area contributed by atoms with E-state index in [1.807, 2.05) is 38.2 Å². The summed E-state index contributed by atoms with van der Waals surface area (Å²) in [7, 11) is 1.89. The van der Waals surface area contributed by atoms with Gasteiger partial charge in [0.05, 0.1) is 16.6 Å². The second kappa shape index (κ2) is 8.11. The number of hydrogen-bond acceptors (Lipinski definition) is 5. The molecule has 1 saturated carbocycles. The van der Waals surface area contributed by atoms with Gasteiger partial charge in [0, 0.05) is 25.3 Å². The molecular weight excluding hydrogens is 404 g/mol. The van der Waals surface area contributed by atoms with E-state index in [0.717, 1.165) is 65.2 Å². The first-order valence-electron chi connectivity index (χ1n) is 11.5. The Morgan fingerprint density at radius 2 is 1.94 bits per heavy atom. The average Bonchev–Trinajstić information content (AvgIpc) is 3.52. The van der Waals surface area contributed by atoms with Crippen molar-refractivity contribution in [2.75, 3.05) is 6.79 Å². The second-order valence-electron chi connectivity index (χ2n) is 9.22. The normalized spacial score (nSPS) is 15.8. The number of ether oxygens (including phenoxy) is 2. The minimum Gasteiger partial charge on any atom is -0.454 e. The maximum Gasteiger partial charge on any atom is 0.255 e. The highest BCUT2D eigenvalue weighted by atomic mass is 16.7. The predicted octanol–water partition coefficient (Wildman–Crippen LogP) is 4.71. The minimum atomic E-state index is 0.0555. The fraction of sp³-hybridized carbons (Fsp3) is 0.480. The summed E-state index contributed by atoms with van der Waals surface area (Å²) in [4.78, 5) is 21.0. The minimum absolute atomic E-state index is 0.0555. The highest BCUT2D eigenvalue weighted by molar-refractivity contribution is 6.06. The molecule has 1 aliphatic carbocycles. The number of nitrogens with zero attached hydrogens (tertiary/aromatic N) is 4. The molecule has 2 aromatic heterocycles. The van der Waals surface area contributed by atoms with E-state index in [1.165, 1.54) is 0 Å². The van der Waals surface area contributed by atoms with Crippen LogP contribution in [0, 0.1) is 6.92 Å². The number of benzene rings is 1. The Morgan fingerprint density at radius 3 is 2.69 bits per heavy atom. The van der Waals surface area contributed by atoms with E-state index in [9.17, 15) is 4.79 Å². The largest absolute Gasteiger partial charge is 0.454 e. The molecule has 0 bridgehead atoms. The van der Waals surface area contributed by atoms with Crippen LogP contribution in [0.4, 0.5) is 0 Å². The highest BCUT2D eigenvalue weighted by Crippen LogP contribution is 2.35. The van der Waals surface area contributed by atoms with E-state index in [1.54, 1.807) is 4.68 Å². The summed E-state index contributed by atoms with van der Waals surface area (Å²) in [5, 5.41) is 5.42. The summed E-state index contributed by atoms with van der Waals surface area (Å²) in [6.45, 7) is 6.95. The van der Waals surface area contributed by atoms with Gasteiger partial charge < -0.3 is 14.4 Å². The molecule has 0 saturated heterocycles. The average molecular weight is 435 g/mol. The lowest BCUT2D eigenvalue weighted by Crippen LogP contribution is -2.38. The Morgan fingerprint density at radius 1 is 1.19 bits per heavy atom. The molecule has 5 rings (SSSR count). The van der Waals surface area contributed by atoms with Crippen LogP contribution in [-0.2, 0) is 13.6 Å². The molecule has 1 amide bonds. The van der Waals surface area contributed by atoms with Crippen molar-refractivity contribution in [2.45, 2.75) is 65.0 Å². The SMILES string of the molecule is Cc1nn(C)c2nc(C(C)C)cc(C(=O)N(Cc3ccc4c(c3)OCO4)C3CCCC3)c12. The highest BCUT2D eigenvalue weighted by Gasteiger charge is 2.31. The molecule has 0 spiro atoms. The molecule has 1 fully saturated rings. The van der Waals surface area contributed by atoms with Crippen molar-refractivity contribution >= 4 is 16.9 Å². The third-order valence-corrected chi connectivity index (χ3v) is 6.63. The van der Waals surface area contributed by atoms with Crippen LogP contribution >= 0.6 is 0 Å². The zero-order valence-electron chi connectivity index (χ0n) is 19.2. The quantitative estimate of drug-likeness (QED) is 0.581. The monoisotopic (exact) mass is 434 g/mol. The van der Waals surface area contributed by atoms with Gasteiger partial charge in [-0.3, -0.25) is 9.48 Å². The second-order valence-corrected chi connectivity index (χ2v) is 9.22. The van der Waals surface area contributed by atoms with Crippen molar-refractivity contribution in [3.63, 3.8) is 0 Å². The van der Waals surface area contributed by atoms with E-state index >= 15 is 0 Å². The molecule has 0 radical (unpaired) electrons. The van der Waals surface area contributed by atoms with Crippen LogP contribution in [0.15, 0.2) is 24.3 Å². The zero-order chi connectivity index (χ0) is 22.4. The van der Waals surface area contributed by atoms with Gasteiger partial charge in [0.2, 0.25) is 6.79 Å². The Labute approximate surface area is 188 Å². The molecule has 2 aliphatic rings. The van der Waals surface area contributed by atoms with Gasteiger partial charge in [0.1, 0.15) is 0 Å². The molecular formula is C25H30N4O3. The lowest BCUT2D eigenvalue weighted by molar-refractivity contribution is 0.0666. The maximum absolute atomic E-state index is 14.1. The first-order chi connectivity index (χ1) is 15.4. The molecule has 1 aliphatic heterocycles. The zero-order valence-corrected chi connectivity index (χ0v) is 19.2. The summed E-state index contributed by atoms with van der Waals surface area (Å²) in [5.74, 6) is 1.78. The third kappa shape index (κ3) is 3.59. The standard InChI is InChI=1S/C25H30N4O3/c1-15(2)20-12-19(23-16(3)27-28(4)24(23)26-20)25(30)29(18-7-5-6-8-18)13-17-9-10-21-22(11-17)32-14-31-21/h9-12,15,18H,5-8,13-14H2,1-4H3. The summed E-state index contributed by atoms with van der Waals surface area (Å²) >= 11 is 0. The fourth-order valence-corrected chi connectivity index (χ4v) is 4.90. The summed E-state index contributed by atoms with van der Waals surface area (Å²) in [6.07, 6.45) is 4.39. The first-order valence-corrected chi connectivity index (χ1v) is 11.5. The van der Waals surface area contributed by atoms with Crippen molar-refractivity contribution in [1.29, 1.82) is 0 Å². The van der Waals surface area contributed by atoms with E-state index in [2.05, 4.69) is 23.8 Å². The van der Waals surface area contributed by atoms with E-state index in [4.69, 9.17) is 14.5 Å². The molecule has 168 valence electrons. The molecule has 7 nitrogen and oxygen atoms in total. The van der Waals surface area contributed by atoms with Crippen molar-refractivity contribution in [3.05, 3.63) is 46.8 Å². The number of amides is 1. The summed E-state index contributed by atoms with van der Waals surface area (Å²) in [5.41, 5.74) is 4.27. The van der Waals surface area contributed by atoms with Gasteiger partial charge in [-0.25, -0.2) is 4.98 Å². The molecule has 3 aromatic rings. The van der Waals surface area contributed by atoms with Crippen LogP contribution in [0.2, 0.25) is 0 Å². The van der Waals surface area contributed by atoms with Crippen LogP contribution < -0.4 is 9.47 Å². The van der Waals surface area contributed by atoms with Crippen LogP contribution in [0.5, 0.6) is 11.5 Å². The van der Waals surface area contributed by atoms with Gasteiger partial charge >= 0.3 is 0 Å². The van der Waals surface area contributed by atoms with E-state index in [-0.39, 0.29) is 24.7 Å². The first kappa shape index (κ1) is 20.8. The lowest BCUT2D eigenvalue weighted by Gasteiger charge is -2.30. The molecule has 7 heteroatoms. The van der Waals surface area contributed by atoms with Gasteiger partial charge in [-0.15, -0.1) is 0 Å².